The number of rotatable bonds is 7. The maximum Gasteiger partial charge on any atom is 0.244 e. The van der Waals surface area contributed by atoms with Crippen molar-refractivity contribution in [2.75, 3.05) is 12.3 Å². The third-order valence-electron chi connectivity index (χ3n) is 4.11. The third kappa shape index (κ3) is 4.61. The Morgan fingerprint density at radius 3 is 2.96 bits per heavy atom. The van der Waals surface area contributed by atoms with Gasteiger partial charge in [-0.15, -0.1) is 5.10 Å². The minimum atomic E-state index is -3.27. The molecule has 2 aromatic rings. The molecule has 2 aromatic heterocycles. The first kappa shape index (κ1) is 18.4. The molecular weight excluding hydrogens is 358 g/mol. The molecule has 0 atom stereocenters. The molecule has 1 N–H and O–H groups in total. The first-order valence-electron chi connectivity index (χ1n) is 8.39. The fourth-order valence-electron chi connectivity index (χ4n) is 2.81. The van der Waals surface area contributed by atoms with E-state index in [1.54, 1.807) is 11.1 Å². The molecule has 0 bridgehead atoms. The number of hydrogen-bond donors (Lipinski definition) is 1. The van der Waals surface area contributed by atoms with Gasteiger partial charge in [0, 0.05) is 37.9 Å². The van der Waals surface area contributed by atoms with Gasteiger partial charge in [-0.3, -0.25) is 9.78 Å². The number of nitrogens with zero attached hydrogens (tertiary/aromatic N) is 6. The van der Waals surface area contributed by atoms with Crippen LogP contribution in [0, 0.1) is 0 Å². The van der Waals surface area contributed by atoms with E-state index in [9.17, 15) is 13.2 Å². The average molecular weight is 379 g/mol. The molecule has 0 unspecified atom stereocenters. The number of aromatic nitrogens is 5. The molecule has 0 aromatic carbocycles. The van der Waals surface area contributed by atoms with Crippen molar-refractivity contribution in [3.63, 3.8) is 0 Å². The van der Waals surface area contributed by atoms with Crippen LogP contribution in [0.3, 0.4) is 0 Å². The Hall–Kier alpha value is -2.40. The van der Waals surface area contributed by atoms with E-state index in [-0.39, 0.29) is 24.7 Å². The van der Waals surface area contributed by atoms with Gasteiger partial charge < -0.3 is 4.90 Å². The van der Waals surface area contributed by atoms with Crippen molar-refractivity contribution in [2.24, 2.45) is 0 Å². The lowest BCUT2D eigenvalue weighted by Gasteiger charge is -2.28. The summed E-state index contributed by atoms with van der Waals surface area (Å²) in [5.74, 6) is 0.0298. The first-order valence-corrected chi connectivity index (χ1v) is 10.0. The first-order chi connectivity index (χ1) is 12.5. The lowest BCUT2D eigenvalue weighted by molar-refractivity contribution is -0.133. The van der Waals surface area contributed by atoms with E-state index in [2.05, 4.69) is 25.2 Å². The predicted octanol–water partition coefficient (Wildman–Crippen LogP) is -0.518. The van der Waals surface area contributed by atoms with E-state index in [1.807, 2.05) is 13.0 Å². The molecule has 3 rings (SSSR count). The quantitative estimate of drug-likeness (QED) is 0.687. The van der Waals surface area contributed by atoms with Gasteiger partial charge in [-0.25, -0.2) is 17.8 Å². The molecule has 0 radical (unpaired) electrons. The minimum Gasteiger partial charge on any atom is -0.336 e. The SMILES string of the molecule is CCCS(=O)(=O)NCc1cnc2c(c1)CN(C(=O)Cn1cnnn1)CC2. The number of tetrazole rings is 1. The molecule has 3 heterocycles. The molecule has 26 heavy (non-hydrogen) atoms. The Bertz CT molecular complexity index is 867. The van der Waals surface area contributed by atoms with Gasteiger partial charge in [0.05, 0.1) is 5.75 Å². The molecule has 0 spiro atoms. The van der Waals surface area contributed by atoms with E-state index in [0.717, 1.165) is 16.8 Å². The fourth-order valence-corrected chi connectivity index (χ4v) is 3.88. The van der Waals surface area contributed by atoms with E-state index in [4.69, 9.17) is 0 Å². The van der Waals surface area contributed by atoms with Crippen molar-refractivity contribution in [1.29, 1.82) is 0 Å². The van der Waals surface area contributed by atoms with E-state index < -0.39 is 10.0 Å². The van der Waals surface area contributed by atoms with Gasteiger partial charge in [0.15, 0.2) is 0 Å². The summed E-state index contributed by atoms with van der Waals surface area (Å²) < 4.78 is 27.5. The zero-order valence-electron chi connectivity index (χ0n) is 14.5. The van der Waals surface area contributed by atoms with Crippen molar-refractivity contribution >= 4 is 15.9 Å². The number of carbonyl (C=O) groups excluding carboxylic acids is 1. The summed E-state index contributed by atoms with van der Waals surface area (Å²) in [6, 6.07) is 1.91. The monoisotopic (exact) mass is 379 g/mol. The van der Waals surface area contributed by atoms with Gasteiger partial charge in [-0.05, 0) is 34.0 Å². The largest absolute Gasteiger partial charge is 0.336 e. The smallest absolute Gasteiger partial charge is 0.244 e. The van der Waals surface area contributed by atoms with Crippen LogP contribution in [0.2, 0.25) is 0 Å². The number of pyridine rings is 1. The maximum atomic E-state index is 12.4. The second kappa shape index (κ2) is 7.87. The maximum absolute atomic E-state index is 12.4. The highest BCUT2D eigenvalue weighted by molar-refractivity contribution is 7.89. The van der Waals surface area contributed by atoms with Gasteiger partial charge in [0.25, 0.3) is 0 Å². The lowest BCUT2D eigenvalue weighted by atomic mass is 10.0. The van der Waals surface area contributed by atoms with Crippen molar-refractivity contribution in [2.45, 2.75) is 39.4 Å². The highest BCUT2D eigenvalue weighted by atomic mass is 32.2. The van der Waals surface area contributed by atoms with Crippen LogP contribution in [0.25, 0.3) is 0 Å². The number of carbonyl (C=O) groups is 1. The van der Waals surface area contributed by atoms with Crippen LogP contribution >= 0.6 is 0 Å². The molecule has 11 heteroatoms. The van der Waals surface area contributed by atoms with Crippen LogP contribution in [0.4, 0.5) is 0 Å². The summed E-state index contributed by atoms with van der Waals surface area (Å²) in [6.45, 7) is 3.14. The molecule has 0 fully saturated rings. The van der Waals surface area contributed by atoms with Crippen molar-refractivity contribution in [3.05, 3.63) is 35.4 Å². The standard InChI is InChI=1S/C15H21N7O3S/c1-2-5-26(24,25)18-8-12-6-13-9-21(4-3-14(13)16-7-12)15(23)10-22-11-17-19-20-22/h6-7,11,18H,2-5,8-10H2,1H3. The van der Waals surface area contributed by atoms with Gasteiger partial charge in [0.1, 0.15) is 12.9 Å². The highest BCUT2D eigenvalue weighted by Crippen LogP contribution is 2.18. The highest BCUT2D eigenvalue weighted by Gasteiger charge is 2.22. The van der Waals surface area contributed by atoms with Crippen LogP contribution in [0.5, 0.6) is 0 Å². The molecule has 140 valence electrons. The number of hydrogen-bond acceptors (Lipinski definition) is 7. The Morgan fingerprint density at radius 1 is 1.38 bits per heavy atom. The fraction of sp³-hybridized carbons (Fsp3) is 0.533. The van der Waals surface area contributed by atoms with Crippen molar-refractivity contribution in [3.8, 4) is 0 Å². The van der Waals surface area contributed by atoms with Crippen LogP contribution in [0.1, 0.15) is 30.2 Å². The van der Waals surface area contributed by atoms with Crippen molar-refractivity contribution in [1.82, 2.24) is 34.8 Å². The van der Waals surface area contributed by atoms with Crippen LogP contribution in [-0.2, 0) is 40.9 Å². The van der Waals surface area contributed by atoms with Crippen LogP contribution in [0.15, 0.2) is 18.6 Å². The van der Waals surface area contributed by atoms with Crippen LogP contribution < -0.4 is 4.72 Å². The Kier molecular flexibility index (Phi) is 5.57. The van der Waals surface area contributed by atoms with Crippen molar-refractivity contribution < 1.29 is 13.2 Å². The zero-order chi connectivity index (χ0) is 18.6. The Morgan fingerprint density at radius 2 is 2.23 bits per heavy atom. The second-order valence-electron chi connectivity index (χ2n) is 6.16. The van der Waals surface area contributed by atoms with Crippen LogP contribution in [-0.4, -0.2) is 56.7 Å². The normalized spacial score (nSPS) is 14.3. The second-order valence-corrected chi connectivity index (χ2v) is 8.09. The molecule has 10 nitrogen and oxygen atoms in total. The summed E-state index contributed by atoms with van der Waals surface area (Å²) in [6.07, 6.45) is 4.32. The number of fused-ring (bicyclic) bond motifs is 1. The zero-order valence-corrected chi connectivity index (χ0v) is 15.3. The molecule has 0 aliphatic carbocycles. The van der Waals surface area contributed by atoms with Gasteiger partial charge >= 0.3 is 0 Å². The molecule has 0 saturated carbocycles. The number of sulfonamides is 1. The average Bonchev–Trinajstić information content (AvgIpc) is 3.12. The van der Waals surface area contributed by atoms with Gasteiger partial charge in [-0.1, -0.05) is 6.92 Å². The Balaban J connectivity index is 1.65. The predicted molar refractivity (Wildman–Crippen MR) is 92.1 cm³/mol. The summed E-state index contributed by atoms with van der Waals surface area (Å²) in [4.78, 5) is 18.5. The van der Waals surface area contributed by atoms with E-state index >= 15 is 0 Å². The number of amides is 1. The molecule has 1 aliphatic heterocycles. The van der Waals surface area contributed by atoms with Gasteiger partial charge in [-0.2, -0.15) is 0 Å². The number of nitrogens with one attached hydrogen (secondary N) is 1. The molecule has 1 aliphatic rings. The Labute approximate surface area is 151 Å². The van der Waals surface area contributed by atoms with Gasteiger partial charge in [0.2, 0.25) is 15.9 Å². The lowest BCUT2D eigenvalue weighted by Crippen LogP contribution is -2.38. The summed E-state index contributed by atoms with van der Waals surface area (Å²) in [7, 11) is -3.27. The topological polar surface area (TPSA) is 123 Å². The minimum absolute atomic E-state index is 0.0722. The van der Waals surface area contributed by atoms with E-state index in [1.165, 1.54) is 11.0 Å². The summed E-state index contributed by atoms with van der Waals surface area (Å²) in [5, 5.41) is 10.7. The molecule has 1 amide bonds. The third-order valence-corrected chi connectivity index (χ3v) is 5.64. The summed E-state index contributed by atoms with van der Waals surface area (Å²) in [5.41, 5.74) is 2.66. The van der Waals surface area contributed by atoms with E-state index in [0.29, 0.717) is 25.9 Å². The summed E-state index contributed by atoms with van der Waals surface area (Å²) >= 11 is 0. The molecule has 0 saturated heterocycles. The molecular formula is C15H21N7O3S.